The first-order chi connectivity index (χ1) is 4.31. The molecule has 2 nitrogen and oxygen atoms in total. The van der Waals surface area contributed by atoms with Crippen molar-refractivity contribution < 1.29 is 28.7 Å². The number of hydrogen-bond donors (Lipinski definition) is 0. The summed E-state index contributed by atoms with van der Waals surface area (Å²) < 4.78 is 5.16. The number of ether oxygens (including phenoxy) is 1. The fraction of sp³-hybridized carbons (Fsp3) is 1.00. The van der Waals surface area contributed by atoms with Gasteiger partial charge in [-0.05, 0) is 20.5 Å². The smallest absolute Gasteiger partial charge is 0.0593 e. The molecule has 0 radical (unpaired) electrons. The van der Waals surface area contributed by atoms with Crippen LogP contribution in [0.1, 0.15) is 21.3 Å². The van der Waals surface area contributed by atoms with E-state index in [4.69, 9.17) is 4.74 Å². The number of halogens is 1. The molecule has 0 heterocycles. The molecular formula is C8H21INO-. The Morgan fingerprint density at radius 2 is 1.82 bits per heavy atom. The van der Waals surface area contributed by atoms with Crippen LogP contribution in [0.4, 0.5) is 0 Å². The molecule has 0 bridgehead atoms. The fourth-order valence-corrected chi connectivity index (χ4v) is 0.523. The molecule has 0 atom stereocenters. The van der Waals surface area contributed by atoms with E-state index in [2.05, 4.69) is 18.9 Å². The monoisotopic (exact) mass is 274 g/mol. The first-order valence-corrected chi connectivity index (χ1v) is 3.57. The number of likely N-dealkylation sites (N-methyl/N-ethyl adjacent to an activating group) is 1. The lowest BCUT2D eigenvalue weighted by Crippen LogP contribution is -3.00. The summed E-state index contributed by atoms with van der Waals surface area (Å²) >= 11 is 0. The highest BCUT2D eigenvalue weighted by Crippen LogP contribution is 1.80. The summed E-state index contributed by atoms with van der Waals surface area (Å²) in [6.45, 7) is 8.01. The van der Waals surface area contributed by atoms with Gasteiger partial charge in [-0.3, -0.25) is 0 Å². The van der Waals surface area contributed by atoms with E-state index in [9.17, 15) is 0 Å². The van der Waals surface area contributed by atoms with Gasteiger partial charge in [-0.25, -0.2) is 0 Å². The van der Waals surface area contributed by atoms with Crippen LogP contribution in [0.15, 0.2) is 0 Å². The van der Waals surface area contributed by atoms with Crippen LogP contribution in [0.5, 0.6) is 0 Å². The van der Waals surface area contributed by atoms with Crippen molar-refractivity contribution in [1.29, 1.82) is 0 Å². The molecule has 0 aliphatic heterocycles. The Bertz CT molecular complexity index is 62.1. The summed E-state index contributed by atoms with van der Waals surface area (Å²) in [4.78, 5) is 2.23. The minimum atomic E-state index is 0. The molecule has 3 heteroatoms. The highest BCUT2D eigenvalue weighted by Gasteiger charge is 1.90. The van der Waals surface area contributed by atoms with E-state index < -0.39 is 0 Å². The Balaban J connectivity index is -0.000000320. The molecule has 0 fully saturated rings. The molecule has 0 amide bonds. The van der Waals surface area contributed by atoms with Gasteiger partial charge >= 0.3 is 0 Å². The Labute approximate surface area is 88.3 Å². The third-order valence-electron chi connectivity index (χ3n) is 1.36. The Kier molecular flexibility index (Phi) is 21.3. The van der Waals surface area contributed by atoms with E-state index in [-0.39, 0.29) is 31.4 Å². The standard InChI is InChI=1S/C7H17NO.CH4.HI/c1-4-8(3)6-7-9-5-2;;/h4-7H2,1-3H3;1H4;1H/p-1. The zero-order chi connectivity index (χ0) is 7.11. The number of hydrogen-bond acceptors (Lipinski definition) is 2. The summed E-state index contributed by atoms with van der Waals surface area (Å²) in [5.41, 5.74) is 0. The second kappa shape index (κ2) is 13.3. The SMILES string of the molecule is C.CCOCCN(C)CC.[I-]. The van der Waals surface area contributed by atoms with Crippen molar-refractivity contribution in [2.24, 2.45) is 0 Å². The van der Waals surface area contributed by atoms with Crippen LogP contribution >= 0.6 is 0 Å². The summed E-state index contributed by atoms with van der Waals surface area (Å²) in [5, 5.41) is 0. The average molecular weight is 274 g/mol. The lowest BCUT2D eigenvalue weighted by molar-refractivity contribution is -0.00000340. The molecular weight excluding hydrogens is 253 g/mol. The third kappa shape index (κ3) is 13.6. The summed E-state index contributed by atoms with van der Waals surface area (Å²) in [5.74, 6) is 0. The molecule has 0 rings (SSSR count). The van der Waals surface area contributed by atoms with Crippen LogP contribution < -0.4 is 24.0 Å². The van der Waals surface area contributed by atoms with Crippen molar-refractivity contribution in [3.05, 3.63) is 0 Å². The summed E-state index contributed by atoms with van der Waals surface area (Å²) in [6.07, 6.45) is 0. The fourth-order valence-electron chi connectivity index (χ4n) is 0.523. The van der Waals surface area contributed by atoms with Gasteiger partial charge in [0, 0.05) is 13.2 Å². The van der Waals surface area contributed by atoms with Gasteiger partial charge in [-0.1, -0.05) is 14.4 Å². The van der Waals surface area contributed by atoms with Crippen LogP contribution in [0.25, 0.3) is 0 Å². The Morgan fingerprint density at radius 3 is 2.18 bits per heavy atom. The average Bonchev–Trinajstić information content (AvgIpc) is 1.89. The minimum absolute atomic E-state index is 0. The second-order valence-corrected chi connectivity index (χ2v) is 2.09. The van der Waals surface area contributed by atoms with Crippen molar-refractivity contribution in [3.63, 3.8) is 0 Å². The van der Waals surface area contributed by atoms with Crippen molar-refractivity contribution in [2.45, 2.75) is 21.3 Å². The lowest BCUT2D eigenvalue weighted by atomic mass is 10.5. The molecule has 0 aliphatic rings. The largest absolute Gasteiger partial charge is 1.00 e. The van der Waals surface area contributed by atoms with E-state index in [1.165, 1.54) is 0 Å². The normalized spacial score (nSPS) is 8.73. The van der Waals surface area contributed by atoms with Gasteiger partial charge in [-0.2, -0.15) is 0 Å². The van der Waals surface area contributed by atoms with Crippen LogP contribution in [0.3, 0.4) is 0 Å². The first-order valence-electron chi connectivity index (χ1n) is 3.57. The van der Waals surface area contributed by atoms with E-state index >= 15 is 0 Å². The van der Waals surface area contributed by atoms with Gasteiger partial charge < -0.3 is 33.6 Å². The molecule has 0 saturated heterocycles. The van der Waals surface area contributed by atoms with Gasteiger partial charge in [0.2, 0.25) is 0 Å². The van der Waals surface area contributed by atoms with Crippen LogP contribution in [-0.2, 0) is 4.74 Å². The quantitative estimate of drug-likeness (QED) is 0.452. The van der Waals surface area contributed by atoms with Gasteiger partial charge in [0.05, 0.1) is 6.61 Å². The van der Waals surface area contributed by atoms with Crippen molar-refractivity contribution in [3.8, 4) is 0 Å². The molecule has 0 spiro atoms. The number of nitrogens with zero attached hydrogens (tertiary/aromatic N) is 1. The molecule has 0 aromatic rings. The predicted molar refractivity (Wildman–Crippen MR) is 46.4 cm³/mol. The highest BCUT2D eigenvalue weighted by molar-refractivity contribution is 4.43. The molecule has 0 saturated carbocycles. The van der Waals surface area contributed by atoms with Gasteiger partial charge in [0.25, 0.3) is 0 Å². The van der Waals surface area contributed by atoms with Crippen LogP contribution in [0.2, 0.25) is 0 Å². The zero-order valence-corrected chi connectivity index (χ0v) is 9.22. The molecule has 0 aliphatic carbocycles. The van der Waals surface area contributed by atoms with Gasteiger partial charge in [-0.15, -0.1) is 0 Å². The molecule has 0 aromatic heterocycles. The van der Waals surface area contributed by atoms with Gasteiger partial charge in [0.1, 0.15) is 0 Å². The minimum Gasteiger partial charge on any atom is -1.00 e. The molecule has 0 N–H and O–H groups in total. The van der Waals surface area contributed by atoms with E-state index in [0.29, 0.717) is 0 Å². The predicted octanol–water partition coefficient (Wildman–Crippen LogP) is -1.39. The Morgan fingerprint density at radius 1 is 1.27 bits per heavy atom. The second-order valence-electron chi connectivity index (χ2n) is 2.09. The summed E-state index contributed by atoms with van der Waals surface area (Å²) in [7, 11) is 2.10. The first kappa shape index (κ1) is 17.7. The van der Waals surface area contributed by atoms with Crippen molar-refractivity contribution in [1.82, 2.24) is 4.90 Å². The van der Waals surface area contributed by atoms with E-state index in [0.717, 1.165) is 26.3 Å². The van der Waals surface area contributed by atoms with E-state index in [1.807, 2.05) is 6.92 Å². The van der Waals surface area contributed by atoms with Crippen LogP contribution in [0, 0.1) is 0 Å². The number of rotatable bonds is 5. The highest BCUT2D eigenvalue weighted by atomic mass is 127. The third-order valence-corrected chi connectivity index (χ3v) is 1.36. The Hall–Kier alpha value is 0.650. The molecule has 11 heavy (non-hydrogen) atoms. The van der Waals surface area contributed by atoms with Crippen molar-refractivity contribution in [2.75, 3.05) is 33.4 Å². The zero-order valence-electron chi connectivity index (χ0n) is 7.06. The van der Waals surface area contributed by atoms with E-state index in [1.54, 1.807) is 0 Å². The van der Waals surface area contributed by atoms with Crippen molar-refractivity contribution >= 4 is 0 Å². The maximum atomic E-state index is 5.16. The molecule has 72 valence electrons. The molecule has 0 aromatic carbocycles. The lowest BCUT2D eigenvalue weighted by Gasteiger charge is -2.12. The maximum absolute atomic E-state index is 5.16. The topological polar surface area (TPSA) is 12.5 Å². The summed E-state index contributed by atoms with van der Waals surface area (Å²) in [6, 6.07) is 0. The van der Waals surface area contributed by atoms with Crippen LogP contribution in [-0.4, -0.2) is 38.3 Å². The van der Waals surface area contributed by atoms with Gasteiger partial charge in [0.15, 0.2) is 0 Å². The molecule has 0 unspecified atom stereocenters. The maximum Gasteiger partial charge on any atom is 0.0593 e.